The van der Waals surface area contributed by atoms with E-state index >= 15 is 0 Å². The fraction of sp³-hybridized carbons (Fsp3) is 1.00. The molecule has 2 heteroatoms. The van der Waals surface area contributed by atoms with Gasteiger partial charge in [-0.25, -0.2) is 0 Å². The van der Waals surface area contributed by atoms with Gasteiger partial charge in [0.05, 0.1) is 5.60 Å². The Morgan fingerprint density at radius 2 is 2.31 bits per heavy atom. The van der Waals surface area contributed by atoms with Crippen LogP contribution in [-0.4, -0.2) is 21.7 Å². The van der Waals surface area contributed by atoms with Crippen molar-refractivity contribution >= 4 is 11.8 Å². The molecule has 1 fully saturated rings. The molecule has 0 amide bonds. The normalized spacial score (nSPS) is 36.5. The standard InChI is InChI=1S/C11H22OS/c1-4-5-9(2)8-11(12)6-7-13-10(11)3/h9-10,12H,4-8H2,1-3H3. The predicted octanol–water partition coefficient (Wildman–Crippen LogP) is 3.07. The molecular weight excluding hydrogens is 180 g/mol. The van der Waals surface area contributed by atoms with Crippen molar-refractivity contribution in [3.8, 4) is 0 Å². The van der Waals surface area contributed by atoms with Crippen LogP contribution in [0.2, 0.25) is 0 Å². The molecule has 0 aromatic rings. The van der Waals surface area contributed by atoms with E-state index < -0.39 is 0 Å². The molecule has 1 nitrogen and oxygen atoms in total. The Labute approximate surface area is 86.3 Å². The maximum absolute atomic E-state index is 10.3. The molecule has 0 saturated carbocycles. The van der Waals surface area contributed by atoms with Gasteiger partial charge in [0.1, 0.15) is 0 Å². The third-order valence-corrected chi connectivity index (χ3v) is 4.52. The van der Waals surface area contributed by atoms with Gasteiger partial charge >= 0.3 is 0 Å². The van der Waals surface area contributed by atoms with Crippen LogP contribution in [-0.2, 0) is 0 Å². The van der Waals surface area contributed by atoms with Gasteiger partial charge in [0.25, 0.3) is 0 Å². The van der Waals surface area contributed by atoms with E-state index in [1.165, 1.54) is 12.8 Å². The van der Waals surface area contributed by atoms with Crippen molar-refractivity contribution in [3.05, 3.63) is 0 Å². The van der Waals surface area contributed by atoms with E-state index in [-0.39, 0.29) is 5.60 Å². The topological polar surface area (TPSA) is 20.2 Å². The van der Waals surface area contributed by atoms with Crippen molar-refractivity contribution in [2.45, 2.75) is 57.3 Å². The first-order chi connectivity index (χ1) is 6.08. The van der Waals surface area contributed by atoms with Gasteiger partial charge in [-0.15, -0.1) is 0 Å². The van der Waals surface area contributed by atoms with Crippen molar-refractivity contribution in [3.63, 3.8) is 0 Å². The average Bonchev–Trinajstić information content (AvgIpc) is 2.32. The van der Waals surface area contributed by atoms with Crippen LogP contribution in [0.1, 0.15) is 46.5 Å². The summed E-state index contributed by atoms with van der Waals surface area (Å²) in [6.45, 7) is 6.64. The van der Waals surface area contributed by atoms with E-state index in [4.69, 9.17) is 0 Å². The van der Waals surface area contributed by atoms with Crippen LogP contribution in [0.3, 0.4) is 0 Å². The smallest absolute Gasteiger partial charge is 0.0773 e. The molecule has 0 spiro atoms. The molecule has 1 aliphatic heterocycles. The Morgan fingerprint density at radius 3 is 2.77 bits per heavy atom. The fourth-order valence-corrected chi connectivity index (χ4v) is 3.59. The Bertz CT molecular complexity index is 160. The minimum atomic E-state index is -0.362. The summed E-state index contributed by atoms with van der Waals surface area (Å²) in [5, 5.41) is 10.8. The van der Waals surface area contributed by atoms with E-state index in [2.05, 4.69) is 20.8 Å². The minimum Gasteiger partial charge on any atom is -0.389 e. The molecule has 0 aliphatic carbocycles. The molecule has 1 N–H and O–H groups in total. The van der Waals surface area contributed by atoms with Crippen molar-refractivity contribution in [1.29, 1.82) is 0 Å². The zero-order chi connectivity index (χ0) is 9.90. The SMILES string of the molecule is CCCC(C)CC1(O)CCSC1C. The molecule has 13 heavy (non-hydrogen) atoms. The van der Waals surface area contributed by atoms with Crippen molar-refractivity contribution in [1.82, 2.24) is 0 Å². The zero-order valence-electron chi connectivity index (χ0n) is 9.05. The molecule has 0 aromatic heterocycles. The highest BCUT2D eigenvalue weighted by Gasteiger charge is 2.39. The lowest BCUT2D eigenvalue weighted by Gasteiger charge is -2.29. The Balaban J connectivity index is 2.41. The zero-order valence-corrected chi connectivity index (χ0v) is 9.86. The monoisotopic (exact) mass is 202 g/mol. The van der Waals surface area contributed by atoms with Crippen LogP contribution in [0.4, 0.5) is 0 Å². The first-order valence-corrected chi connectivity index (χ1v) is 6.47. The summed E-state index contributed by atoms with van der Waals surface area (Å²) in [7, 11) is 0. The fourth-order valence-electron chi connectivity index (χ4n) is 2.24. The summed E-state index contributed by atoms with van der Waals surface area (Å²) in [5.41, 5.74) is -0.362. The number of hydrogen-bond acceptors (Lipinski definition) is 2. The van der Waals surface area contributed by atoms with Gasteiger partial charge in [0.2, 0.25) is 0 Å². The minimum absolute atomic E-state index is 0.362. The van der Waals surface area contributed by atoms with Crippen molar-refractivity contribution < 1.29 is 5.11 Å². The summed E-state index contributed by atoms with van der Waals surface area (Å²) in [4.78, 5) is 0. The molecule has 0 radical (unpaired) electrons. The van der Waals surface area contributed by atoms with Gasteiger partial charge in [-0.3, -0.25) is 0 Å². The highest BCUT2D eigenvalue weighted by Crippen LogP contribution is 2.40. The largest absolute Gasteiger partial charge is 0.389 e. The van der Waals surface area contributed by atoms with Gasteiger partial charge in [0.15, 0.2) is 0 Å². The molecule has 3 atom stereocenters. The van der Waals surface area contributed by atoms with Gasteiger partial charge in [-0.2, -0.15) is 11.8 Å². The Kier molecular flexibility index (Phi) is 4.11. The Hall–Kier alpha value is 0.310. The molecule has 1 heterocycles. The van der Waals surface area contributed by atoms with Crippen molar-refractivity contribution in [2.24, 2.45) is 5.92 Å². The second-order valence-electron chi connectivity index (χ2n) is 4.46. The lowest BCUT2D eigenvalue weighted by atomic mass is 9.85. The molecule has 78 valence electrons. The highest BCUT2D eigenvalue weighted by atomic mass is 32.2. The maximum atomic E-state index is 10.3. The number of aliphatic hydroxyl groups is 1. The van der Waals surface area contributed by atoms with Crippen LogP contribution >= 0.6 is 11.8 Å². The summed E-state index contributed by atoms with van der Waals surface area (Å²) in [6, 6.07) is 0. The second-order valence-corrected chi connectivity index (χ2v) is 5.91. The van der Waals surface area contributed by atoms with Gasteiger partial charge in [-0.05, 0) is 24.5 Å². The van der Waals surface area contributed by atoms with Crippen LogP contribution in [0.15, 0.2) is 0 Å². The summed E-state index contributed by atoms with van der Waals surface area (Å²) in [5.74, 6) is 1.81. The first kappa shape index (κ1) is 11.4. The summed E-state index contributed by atoms with van der Waals surface area (Å²) >= 11 is 1.91. The molecule has 1 saturated heterocycles. The van der Waals surface area contributed by atoms with Gasteiger partial charge in [-0.1, -0.05) is 33.6 Å². The van der Waals surface area contributed by atoms with E-state index in [1.54, 1.807) is 0 Å². The molecular formula is C11H22OS. The lowest BCUT2D eigenvalue weighted by Crippen LogP contribution is -2.36. The average molecular weight is 202 g/mol. The number of rotatable bonds is 4. The molecule has 1 aliphatic rings. The van der Waals surface area contributed by atoms with E-state index in [9.17, 15) is 5.11 Å². The number of hydrogen-bond donors (Lipinski definition) is 1. The molecule has 0 bridgehead atoms. The lowest BCUT2D eigenvalue weighted by molar-refractivity contribution is 0.0219. The number of thioether (sulfide) groups is 1. The molecule has 3 unspecified atom stereocenters. The molecule has 0 aromatic carbocycles. The Morgan fingerprint density at radius 1 is 1.62 bits per heavy atom. The van der Waals surface area contributed by atoms with Crippen molar-refractivity contribution in [2.75, 3.05) is 5.75 Å². The van der Waals surface area contributed by atoms with E-state index in [1.807, 2.05) is 11.8 Å². The van der Waals surface area contributed by atoms with Crippen LogP contribution < -0.4 is 0 Å². The van der Waals surface area contributed by atoms with Gasteiger partial charge in [0, 0.05) is 5.25 Å². The molecule has 1 rings (SSSR count). The predicted molar refractivity (Wildman–Crippen MR) is 60.2 cm³/mol. The van der Waals surface area contributed by atoms with Gasteiger partial charge < -0.3 is 5.11 Å². The third-order valence-electron chi connectivity index (χ3n) is 3.14. The second kappa shape index (κ2) is 4.70. The van der Waals surface area contributed by atoms with Crippen LogP contribution in [0.25, 0.3) is 0 Å². The van der Waals surface area contributed by atoms with Crippen LogP contribution in [0.5, 0.6) is 0 Å². The third kappa shape index (κ3) is 2.88. The summed E-state index contributed by atoms with van der Waals surface area (Å²) < 4.78 is 0. The summed E-state index contributed by atoms with van der Waals surface area (Å²) in [6.07, 6.45) is 4.47. The van der Waals surface area contributed by atoms with E-state index in [0.717, 1.165) is 18.6 Å². The first-order valence-electron chi connectivity index (χ1n) is 5.42. The quantitative estimate of drug-likeness (QED) is 0.756. The van der Waals surface area contributed by atoms with Crippen LogP contribution in [0, 0.1) is 5.92 Å². The van der Waals surface area contributed by atoms with E-state index in [0.29, 0.717) is 11.2 Å². The maximum Gasteiger partial charge on any atom is 0.0773 e. The highest BCUT2D eigenvalue weighted by molar-refractivity contribution is 8.00.